The molecule has 1 atom stereocenters. The van der Waals surface area contributed by atoms with Crippen molar-refractivity contribution in [1.82, 2.24) is 9.80 Å². The second-order valence-electron chi connectivity index (χ2n) is 4.39. The number of nitrogens with zero attached hydrogens (tertiary/aromatic N) is 2. The minimum Gasteiger partial charge on any atom is -0.329 e. The Kier molecular flexibility index (Phi) is 2.63. The quantitative estimate of drug-likeness (QED) is 0.715. The van der Waals surface area contributed by atoms with E-state index in [9.17, 15) is 4.79 Å². The standard InChI is InChI=1S/C10H19N3O/c1-12-9(8-3-2-4-8)7-13(6-5-11)10(12)14/h8-9H,2-7,11H2,1H3. The first-order chi connectivity index (χ1) is 6.74. The van der Waals surface area contributed by atoms with E-state index in [1.165, 1.54) is 19.3 Å². The summed E-state index contributed by atoms with van der Waals surface area (Å²) in [7, 11) is 1.92. The summed E-state index contributed by atoms with van der Waals surface area (Å²) in [6, 6.07) is 0.607. The highest BCUT2D eigenvalue weighted by Crippen LogP contribution is 2.34. The van der Waals surface area contributed by atoms with Crippen molar-refractivity contribution in [2.45, 2.75) is 25.3 Å². The normalized spacial score (nSPS) is 28.4. The first-order valence-electron chi connectivity index (χ1n) is 5.46. The Morgan fingerprint density at radius 2 is 2.21 bits per heavy atom. The average molecular weight is 197 g/mol. The summed E-state index contributed by atoms with van der Waals surface area (Å²) in [5.74, 6) is 0.742. The van der Waals surface area contributed by atoms with Gasteiger partial charge in [-0.25, -0.2) is 4.79 Å². The van der Waals surface area contributed by atoms with Crippen LogP contribution in [0.1, 0.15) is 19.3 Å². The van der Waals surface area contributed by atoms with Gasteiger partial charge in [0, 0.05) is 26.7 Å². The second-order valence-corrected chi connectivity index (χ2v) is 4.39. The number of amides is 2. The highest BCUT2D eigenvalue weighted by molar-refractivity contribution is 5.77. The highest BCUT2D eigenvalue weighted by Gasteiger charge is 2.40. The van der Waals surface area contributed by atoms with Gasteiger partial charge >= 0.3 is 6.03 Å². The van der Waals surface area contributed by atoms with Gasteiger partial charge in [-0.15, -0.1) is 0 Å². The van der Waals surface area contributed by atoms with Crippen LogP contribution in [-0.2, 0) is 0 Å². The van der Waals surface area contributed by atoms with Crippen molar-refractivity contribution in [3.05, 3.63) is 0 Å². The molecule has 2 amide bonds. The van der Waals surface area contributed by atoms with Gasteiger partial charge in [-0.2, -0.15) is 0 Å². The number of rotatable bonds is 3. The van der Waals surface area contributed by atoms with E-state index in [-0.39, 0.29) is 6.03 Å². The third kappa shape index (κ3) is 1.47. The molecule has 1 heterocycles. The molecule has 0 spiro atoms. The van der Waals surface area contributed by atoms with E-state index >= 15 is 0 Å². The maximum atomic E-state index is 11.7. The van der Waals surface area contributed by atoms with Crippen LogP contribution >= 0.6 is 0 Å². The van der Waals surface area contributed by atoms with E-state index in [4.69, 9.17) is 5.73 Å². The Labute approximate surface area is 85.0 Å². The third-order valence-corrected chi connectivity index (χ3v) is 3.57. The van der Waals surface area contributed by atoms with Crippen LogP contribution in [0.25, 0.3) is 0 Å². The van der Waals surface area contributed by atoms with Crippen LogP contribution < -0.4 is 5.73 Å². The van der Waals surface area contributed by atoms with Gasteiger partial charge in [-0.1, -0.05) is 6.42 Å². The van der Waals surface area contributed by atoms with Gasteiger partial charge in [0.25, 0.3) is 0 Å². The molecule has 14 heavy (non-hydrogen) atoms. The fourth-order valence-electron chi connectivity index (χ4n) is 2.42. The number of hydrogen-bond donors (Lipinski definition) is 1. The summed E-state index contributed by atoms with van der Waals surface area (Å²) < 4.78 is 0. The van der Waals surface area contributed by atoms with Crippen LogP contribution in [0.2, 0.25) is 0 Å². The number of hydrogen-bond acceptors (Lipinski definition) is 2. The molecule has 0 radical (unpaired) electrons. The second kappa shape index (κ2) is 3.77. The molecule has 0 aromatic heterocycles. The molecular weight excluding hydrogens is 178 g/mol. The van der Waals surface area contributed by atoms with Gasteiger partial charge in [0.2, 0.25) is 0 Å². The number of likely N-dealkylation sites (N-methyl/N-ethyl adjacent to an activating group) is 1. The largest absolute Gasteiger partial charge is 0.329 e. The lowest BCUT2D eigenvalue weighted by Gasteiger charge is -2.34. The predicted octanol–water partition coefficient (Wildman–Crippen LogP) is 0.481. The molecule has 4 heteroatoms. The molecule has 2 N–H and O–H groups in total. The van der Waals surface area contributed by atoms with Crippen molar-refractivity contribution in [2.24, 2.45) is 11.7 Å². The zero-order valence-corrected chi connectivity index (χ0v) is 8.78. The monoisotopic (exact) mass is 197 g/mol. The van der Waals surface area contributed by atoms with Gasteiger partial charge in [0.1, 0.15) is 0 Å². The summed E-state index contributed by atoms with van der Waals surface area (Å²) in [6.45, 7) is 2.15. The van der Waals surface area contributed by atoms with Crippen molar-refractivity contribution < 1.29 is 4.79 Å². The van der Waals surface area contributed by atoms with Crippen LogP contribution in [0.5, 0.6) is 0 Å². The molecule has 1 aliphatic heterocycles. The molecule has 4 nitrogen and oxygen atoms in total. The molecule has 80 valence electrons. The van der Waals surface area contributed by atoms with Crippen LogP contribution in [0.4, 0.5) is 4.79 Å². The molecule has 2 fully saturated rings. The first-order valence-corrected chi connectivity index (χ1v) is 5.46. The zero-order valence-electron chi connectivity index (χ0n) is 8.78. The fourth-order valence-corrected chi connectivity index (χ4v) is 2.42. The summed E-state index contributed by atoms with van der Waals surface area (Å²) in [4.78, 5) is 15.5. The van der Waals surface area contributed by atoms with E-state index in [0.29, 0.717) is 19.1 Å². The SMILES string of the molecule is CN1C(=O)N(CCN)CC1C1CCC1. The maximum Gasteiger partial charge on any atom is 0.320 e. The third-order valence-electron chi connectivity index (χ3n) is 3.57. The Bertz CT molecular complexity index is 223. The molecule has 0 bridgehead atoms. The van der Waals surface area contributed by atoms with Crippen molar-refractivity contribution in [3.63, 3.8) is 0 Å². The van der Waals surface area contributed by atoms with Crippen molar-refractivity contribution in [2.75, 3.05) is 26.7 Å². The van der Waals surface area contributed by atoms with Crippen molar-refractivity contribution >= 4 is 6.03 Å². The Balaban J connectivity index is 1.97. The predicted molar refractivity (Wildman–Crippen MR) is 54.9 cm³/mol. The average Bonchev–Trinajstić information content (AvgIpc) is 2.32. The van der Waals surface area contributed by atoms with Crippen LogP contribution in [0, 0.1) is 5.92 Å². The van der Waals surface area contributed by atoms with Crippen molar-refractivity contribution in [3.8, 4) is 0 Å². The number of nitrogens with two attached hydrogens (primary N) is 1. The summed E-state index contributed by atoms with van der Waals surface area (Å²) in [6.07, 6.45) is 3.91. The minimum absolute atomic E-state index is 0.160. The molecule has 1 unspecified atom stereocenters. The van der Waals surface area contributed by atoms with Gasteiger partial charge in [-0.3, -0.25) is 0 Å². The minimum atomic E-state index is 0.160. The highest BCUT2D eigenvalue weighted by atomic mass is 16.2. The summed E-state index contributed by atoms with van der Waals surface area (Å²) >= 11 is 0. The lowest BCUT2D eigenvalue weighted by molar-refractivity contribution is 0.164. The van der Waals surface area contributed by atoms with E-state index in [2.05, 4.69) is 0 Å². The maximum absolute atomic E-state index is 11.7. The molecule has 1 aliphatic carbocycles. The number of carbonyl (C=O) groups excluding carboxylic acids is 1. The Morgan fingerprint density at radius 3 is 2.71 bits per heavy atom. The number of carbonyl (C=O) groups is 1. The molecule has 0 aromatic carbocycles. The van der Waals surface area contributed by atoms with Crippen LogP contribution in [0.3, 0.4) is 0 Å². The van der Waals surface area contributed by atoms with Gasteiger partial charge in [0.05, 0.1) is 6.04 Å². The first kappa shape index (κ1) is 9.77. The smallest absolute Gasteiger partial charge is 0.320 e. The molecule has 1 saturated carbocycles. The van der Waals surface area contributed by atoms with Gasteiger partial charge in [-0.05, 0) is 18.8 Å². The van der Waals surface area contributed by atoms with Gasteiger partial charge < -0.3 is 15.5 Å². The molecule has 2 aliphatic rings. The summed E-state index contributed by atoms with van der Waals surface area (Å²) in [5.41, 5.74) is 5.47. The van der Waals surface area contributed by atoms with E-state index in [1.807, 2.05) is 16.8 Å². The van der Waals surface area contributed by atoms with Crippen LogP contribution in [0.15, 0.2) is 0 Å². The molecule has 0 aromatic rings. The van der Waals surface area contributed by atoms with Crippen molar-refractivity contribution in [1.29, 1.82) is 0 Å². The van der Waals surface area contributed by atoms with Crippen LogP contribution in [-0.4, -0.2) is 48.6 Å². The summed E-state index contributed by atoms with van der Waals surface area (Å²) in [5, 5.41) is 0. The molecule has 1 saturated heterocycles. The number of urea groups is 1. The topological polar surface area (TPSA) is 49.6 Å². The van der Waals surface area contributed by atoms with E-state index < -0.39 is 0 Å². The Morgan fingerprint density at radius 1 is 1.50 bits per heavy atom. The molecule has 2 rings (SSSR count). The fraction of sp³-hybridized carbons (Fsp3) is 0.900. The zero-order chi connectivity index (χ0) is 10.1. The lowest BCUT2D eigenvalue weighted by atomic mass is 9.79. The molecular formula is C10H19N3O. The van der Waals surface area contributed by atoms with Gasteiger partial charge in [0.15, 0.2) is 0 Å². The Hall–Kier alpha value is -0.770. The van der Waals surface area contributed by atoms with E-state index in [1.54, 1.807) is 0 Å². The lowest BCUT2D eigenvalue weighted by Crippen LogP contribution is -2.39. The van der Waals surface area contributed by atoms with E-state index in [0.717, 1.165) is 12.5 Å².